The number of likely N-dealkylation sites (tertiary alicyclic amines) is 1. The van der Waals surface area contributed by atoms with E-state index in [0.29, 0.717) is 24.2 Å². The molecule has 1 fully saturated rings. The van der Waals surface area contributed by atoms with E-state index in [1.807, 2.05) is 32.6 Å². The number of methoxy groups -OCH3 is 2. The van der Waals surface area contributed by atoms with Crippen LogP contribution in [0.1, 0.15) is 113 Å². The lowest BCUT2D eigenvalue weighted by atomic mass is 9.89. The zero-order chi connectivity index (χ0) is 60.6. The minimum atomic E-state index is -1.08. The minimum absolute atomic E-state index is 0.0570. The van der Waals surface area contributed by atoms with E-state index >= 15 is 0 Å². The normalized spacial score (nSPS) is 18.2. The molecule has 0 aliphatic carbocycles. The van der Waals surface area contributed by atoms with Gasteiger partial charge in [0.15, 0.2) is 0 Å². The summed E-state index contributed by atoms with van der Waals surface area (Å²) in [7, 11) is 6.34. The van der Waals surface area contributed by atoms with Crippen LogP contribution in [-0.4, -0.2) is 186 Å². The van der Waals surface area contributed by atoms with Crippen molar-refractivity contribution in [2.24, 2.45) is 29.6 Å². The summed E-state index contributed by atoms with van der Waals surface area (Å²) in [5.41, 5.74) is 0.912. The largest absolute Gasteiger partial charge is 0.445 e. The van der Waals surface area contributed by atoms with Gasteiger partial charge in [0.1, 0.15) is 24.7 Å². The van der Waals surface area contributed by atoms with E-state index in [9.17, 15) is 52.7 Å². The fourth-order valence-corrected chi connectivity index (χ4v) is 10.7. The number of likely N-dealkylation sites (N-methyl/N-ethyl adjacent to an activating group) is 2. The van der Waals surface area contributed by atoms with Crippen LogP contribution in [-0.2, 0) is 68.8 Å². The molecule has 0 bridgehead atoms. The monoisotopic (exact) mass is 1130 g/mol. The second-order valence-electron chi connectivity index (χ2n) is 22.6. The highest BCUT2D eigenvalue weighted by atomic mass is 16.6. The Balaban J connectivity index is 1.30. The average molecular weight is 1130 g/mol. The molecule has 0 spiro atoms. The lowest BCUT2D eigenvalue weighted by Gasteiger charge is -2.41. The number of benzene rings is 1. The van der Waals surface area contributed by atoms with Gasteiger partial charge in [0, 0.05) is 71.3 Å². The van der Waals surface area contributed by atoms with E-state index in [0.717, 1.165) is 46.9 Å². The molecule has 3 aliphatic rings. The maximum absolute atomic E-state index is 14.6. The van der Waals surface area contributed by atoms with Crippen LogP contribution >= 0.6 is 0 Å². The highest BCUT2D eigenvalue weighted by Crippen LogP contribution is 2.30. The van der Waals surface area contributed by atoms with Gasteiger partial charge in [0.25, 0.3) is 23.6 Å². The highest BCUT2D eigenvalue weighted by molar-refractivity contribution is 6.14. The number of rotatable bonds is 30. The number of anilines is 1. The maximum atomic E-state index is 14.6. The first-order valence-corrected chi connectivity index (χ1v) is 28.0. The van der Waals surface area contributed by atoms with E-state index in [2.05, 4.69) is 35.1 Å². The molecule has 4 rings (SSSR count). The Kier molecular flexibility index (Phi) is 25.2. The number of nitrogens with one attached hydrogen (secondary N) is 4. The molecule has 3 heterocycles. The fraction of sp³-hybridized carbons (Fsp3) is 0.638. The molecule has 23 heteroatoms. The van der Waals surface area contributed by atoms with Crippen LogP contribution < -0.4 is 21.3 Å². The lowest BCUT2D eigenvalue weighted by molar-refractivity contribution is -0.147. The molecular formula is C58H87N9O14. The van der Waals surface area contributed by atoms with Crippen molar-refractivity contribution in [2.75, 3.05) is 53.3 Å². The number of carbonyl (C=O) groups excluding carboxylic acids is 11. The molecule has 1 aromatic carbocycles. The predicted octanol–water partition coefficient (Wildman–Crippen LogP) is 3.55. The Morgan fingerprint density at radius 2 is 1.30 bits per heavy atom. The molecular weight excluding hydrogens is 1050 g/mol. The first kappa shape index (κ1) is 66.5. The molecule has 0 aromatic heterocycles. The molecule has 23 nitrogen and oxygen atoms in total. The summed E-state index contributed by atoms with van der Waals surface area (Å²) in [6, 6.07) is 1.69. The number of hydrogen-bond donors (Lipinski definition) is 4. The van der Waals surface area contributed by atoms with E-state index in [1.165, 1.54) is 11.9 Å². The molecule has 0 saturated carbocycles. The Morgan fingerprint density at radius 1 is 0.704 bits per heavy atom. The lowest BCUT2D eigenvalue weighted by Crippen LogP contribution is -2.60. The van der Waals surface area contributed by atoms with Crippen LogP contribution in [0, 0.1) is 29.6 Å². The number of nitrogens with zero attached hydrogens (tertiary/aromatic N) is 5. The van der Waals surface area contributed by atoms with Crippen molar-refractivity contribution in [3.8, 4) is 0 Å². The summed E-state index contributed by atoms with van der Waals surface area (Å²) in [5.74, 6) is -6.44. The molecule has 3 aliphatic heterocycles. The van der Waals surface area contributed by atoms with Gasteiger partial charge in [-0.1, -0.05) is 87.8 Å². The van der Waals surface area contributed by atoms with Crippen LogP contribution in [0.5, 0.6) is 0 Å². The number of hydrogen-bond acceptors (Lipinski definition) is 14. The molecule has 1 saturated heterocycles. The summed E-state index contributed by atoms with van der Waals surface area (Å²) in [6.07, 6.45) is 4.76. The van der Waals surface area contributed by atoms with Crippen molar-refractivity contribution >= 4 is 70.9 Å². The van der Waals surface area contributed by atoms with Gasteiger partial charge in [-0.25, -0.2) is 4.79 Å². The van der Waals surface area contributed by atoms with Gasteiger partial charge in [-0.15, -0.1) is 0 Å². The van der Waals surface area contributed by atoms with Gasteiger partial charge in [-0.05, 0) is 66.5 Å². The van der Waals surface area contributed by atoms with Gasteiger partial charge >= 0.3 is 6.09 Å². The third-order valence-electron chi connectivity index (χ3n) is 15.3. The van der Waals surface area contributed by atoms with Crippen molar-refractivity contribution < 1.29 is 67.0 Å². The molecule has 8 unspecified atom stereocenters. The predicted molar refractivity (Wildman–Crippen MR) is 300 cm³/mol. The van der Waals surface area contributed by atoms with Gasteiger partial charge in [0.05, 0.1) is 49.8 Å². The topological polar surface area (TPSA) is 280 Å². The van der Waals surface area contributed by atoms with Crippen molar-refractivity contribution in [1.29, 1.82) is 0 Å². The van der Waals surface area contributed by atoms with Gasteiger partial charge in [0.2, 0.25) is 35.4 Å². The van der Waals surface area contributed by atoms with Gasteiger partial charge in [-0.3, -0.25) is 62.6 Å². The zero-order valence-electron chi connectivity index (χ0n) is 49.6. The van der Waals surface area contributed by atoms with Gasteiger partial charge in [-0.2, -0.15) is 0 Å². The molecule has 1 aromatic rings. The SMILES string of the molecule is CCC(C)C(C(CC(=O)N1CCCC1C(OC)C(C)C)OC)N(C)C(=O)C(NC(=O)[C@H](C(C)C)N(C)C(=O)OCc1ccc(NC(=O)CNC(=O)C(NC(=O)CCC(CN2C(=O)C=CC2=O)N2C(=O)C=CC2=O)C(C)C)cc1)C(C)C. The number of ether oxygens (including phenoxy) is 3. The first-order chi connectivity index (χ1) is 38.2. The zero-order valence-corrected chi connectivity index (χ0v) is 49.6. The highest BCUT2D eigenvalue weighted by Gasteiger charge is 2.43. The number of imide groups is 2. The standard InChI is InChI=1S/C58H87N9O14/c1-15-37(10)53(42(79-13)29-49(74)65-28-16-17-41(65)54(80-14)36(8)9)63(11)57(77)51(34(4)5)62-56(76)52(35(6)7)64(12)58(78)81-32-38-18-20-39(21-19-38)60-44(69)30-59-55(75)50(33(2)3)61-43(68)23-22-40(67-47(72)26-27-48(67)73)31-66-45(70)24-25-46(66)71/h18-21,24-27,33-37,40-42,50-54H,15-17,22-23,28-32H2,1-14H3,(H,59,75)(H,60,69)(H,61,68)(H,62,76)/t37?,40?,41?,42?,50?,51?,52-,53?,54?/m0/s1. The first-order valence-electron chi connectivity index (χ1n) is 28.0. The number of amides is 11. The minimum Gasteiger partial charge on any atom is -0.445 e. The molecule has 9 atom stereocenters. The summed E-state index contributed by atoms with van der Waals surface area (Å²) >= 11 is 0. The second-order valence-corrected chi connectivity index (χ2v) is 22.6. The smallest absolute Gasteiger partial charge is 0.410 e. The van der Waals surface area contributed by atoms with Crippen LogP contribution in [0.25, 0.3) is 0 Å². The van der Waals surface area contributed by atoms with E-state index < -0.39 is 108 Å². The Hall–Kier alpha value is -7.01. The Morgan fingerprint density at radius 3 is 1.83 bits per heavy atom. The van der Waals surface area contributed by atoms with Crippen molar-refractivity contribution in [2.45, 2.75) is 163 Å². The van der Waals surface area contributed by atoms with Crippen molar-refractivity contribution in [3.05, 3.63) is 54.1 Å². The van der Waals surface area contributed by atoms with Crippen LogP contribution in [0.4, 0.5) is 10.5 Å². The van der Waals surface area contributed by atoms with Crippen molar-refractivity contribution in [1.82, 2.24) is 40.4 Å². The summed E-state index contributed by atoms with van der Waals surface area (Å²) in [5, 5.41) is 10.8. The summed E-state index contributed by atoms with van der Waals surface area (Å²) in [6.45, 7) is 18.4. The second kappa shape index (κ2) is 30.7. The molecule has 4 N–H and O–H groups in total. The van der Waals surface area contributed by atoms with Crippen LogP contribution in [0.2, 0.25) is 0 Å². The fourth-order valence-electron chi connectivity index (χ4n) is 10.7. The third-order valence-corrected chi connectivity index (χ3v) is 15.3. The average Bonchev–Trinajstić information content (AvgIpc) is 4.22. The van der Waals surface area contributed by atoms with Gasteiger partial charge < -0.3 is 45.3 Å². The molecule has 448 valence electrons. The third kappa shape index (κ3) is 17.7. The quantitative estimate of drug-likeness (QED) is 0.0803. The Labute approximate surface area is 476 Å². The van der Waals surface area contributed by atoms with Crippen LogP contribution in [0.15, 0.2) is 48.6 Å². The molecule has 11 amide bonds. The van der Waals surface area contributed by atoms with Crippen LogP contribution in [0.3, 0.4) is 0 Å². The van der Waals surface area contributed by atoms with E-state index in [4.69, 9.17) is 14.2 Å². The summed E-state index contributed by atoms with van der Waals surface area (Å²) in [4.78, 5) is 152. The van der Waals surface area contributed by atoms with Crippen molar-refractivity contribution in [3.63, 3.8) is 0 Å². The maximum Gasteiger partial charge on any atom is 0.410 e. The number of carbonyl (C=O) groups is 11. The van der Waals surface area contributed by atoms with E-state index in [1.54, 1.807) is 78.1 Å². The molecule has 81 heavy (non-hydrogen) atoms. The Bertz CT molecular complexity index is 2460. The molecule has 0 radical (unpaired) electrons. The van der Waals surface area contributed by atoms with E-state index in [-0.39, 0.29) is 74.1 Å². The summed E-state index contributed by atoms with van der Waals surface area (Å²) < 4.78 is 17.5.